The van der Waals surface area contributed by atoms with Crippen LogP contribution in [0.4, 0.5) is 5.69 Å². The number of rotatable bonds is 7. The summed E-state index contributed by atoms with van der Waals surface area (Å²) in [6.07, 6.45) is 9.76. The molecule has 2 aromatic carbocycles. The van der Waals surface area contributed by atoms with E-state index in [-0.39, 0.29) is 17.9 Å². The van der Waals surface area contributed by atoms with Crippen molar-refractivity contribution < 1.29 is 4.79 Å². The number of hydrogen-bond acceptors (Lipinski definition) is 4. The Labute approximate surface area is 189 Å². The molecule has 1 aromatic heterocycles. The van der Waals surface area contributed by atoms with Gasteiger partial charge in [0.25, 0.3) is 0 Å². The number of benzene rings is 2. The predicted molar refractivity (Wildman–Crippen MR) is 130 cm³/mol. The van der Waals surface area contributed by atoms with E-state index < -0.39 is 0 Å². The molecular formula is C26H29N5O. The van der Waals surface area contributed by atoms with Crippen LogP contribution in [0.3, 0.4) is 0 Å². The summed E-state index contributed by atoms with van der Waals surface area (Å²) in [7, 11) is 1.76. The zero-order valence-corrected chi connectivity index (χ0v) is 18.6. The first-order valence-electron chi connectivity index (χ1n) is 11.1. The van der Waals surface area contributed by atoms with Crippen LogP contribution < -0.4 is 0 Å². The number of amides is 1. The van der Waals surface area contributed by atoms with E-state index in [0.29, 0.717) is 6.42 Å². The third-order valence-corrected chi connectivity index (χ3v) is 5.95. The molecule has 0 aliphatic carbocycles. The fraction of sp³-hybridized carbons (Fsp3) is 0.308. The molecule has 0 bridgehead atoms. The van der Waals surface area contributed by atoms with Crippen molar-refractivity contribution in [1.29, 1.82) is 0 Å². The number of aliphatic imine (C=N–C) groups is 2. The van der Waals surface area contributed by atoms with E-state index in [2.05, 4.69) is 40.3 Å². The molecule has 2 atom stereocenters. The van der Waals surface area contributed by atoms with Crippen LogP contribution in [-0.2, 0) is 11.2 Å². The van der Waals surface area contributed by atoms with Crippen molar-refractivity contribution >= 4 is 24.0 Å². The Hall–Kier alpha value is -3.54. The van der Waals surface area contributed by atoms with Gasteiger partial charge in [-0.25, -0.2) is 0 Å². The van der Waals surface area contributed by atoms with Gasteiger partial charge in [0.2, 0.25) is 5.91 Å². The highest BCUT2D eigenvalue weighted by Gasteiger charge is 2.31. The number of H-pyrrole nitrogens is 1. The standard InChI is InChI=1S/C26H29N5O/c1-19-12-21(18-31(19)26(32)11-8-20-6-4-3-5-7-20)14-28-25-10-9-22(13-23(25)15-27-2)24-16-29-30-17-24/h3-7,9-10,13-17,19,21H,8,11-12,18H2,1-2H3,(H,29,30)/t19-,21-/m1/s1. The van der Waals surface area contributed by atoms with E-state index >= 15 is 0 Å². The highest BCUT2D eigenvalue weighted by molar-refractivity contribution is 5.90. The molecule has 1 amide bonds. The minimum Gasteiger partial charge on any atom is -0.339 e. The lowest BCUT2D eigenvalue weighted by Gasteiger charge is -2.21. The summed E-state index contributed by atoms with van der Waals surface area (Å²) in [6, 6.07) is 16.5. The molecule has 164 valence electrons. The van der Waals surface area contributed by atoms with Gasteiger partial charge < -0.3 is 4.90 Å². The van der Waals surface area contributed by atoms with Crippen molar-refractivity contribution in [2.45, 2.75) is 32.2 Å². The number of nitrogens with one attached hydrogen (secondary N) is 1. The van der Waals surface area contributed by atoms with Crippen LogP contribution in [0.1, 0.15) is 30.9 Å². The molecule has 0 unspecified atom stereocenters. The van der Waals surface area contributed by atoms with Crippen molar-refractivity contribution in [2.75, 3.05) is 13.6 Å². The first-order valence-corrected chi connectivity index (χ1v) is 11.1. The largest absolute Gasteiger partial charge is 0.339 e. The zero-order chi connectivity index (χ0) is 22.3. The van der Waals surface area contributed by atoms with Gasteiger partial charge in [-0.05, 0) is 43.0 Å². The Morgan fingerprint density at radius 1 is 1.22 bits per heavy atom. The molecule has 1 N–H and O–H groups in total. The van der Waals surface area contributed by atoms with Crippen LogP contribution in [-0.4, -0.2) is 53.1 Å². The normalized spacial score (nSPS) is 18.8. The smallest absolute Gasteiger partial charge is 0.223 e. The van der Waals surface area contributed by atoms with Crippen molar-refractivity contribution in [3.05, 3.63) is 72.1 Å². The number of carbonyl (C=O) groups excluding carboxylic acids is 1. The Kier molecular flexibility index (Phi) is 6.90. The van der Waals surface area contributed by atoms with E-state index in [1.54, 1.807) is 13.2 Å². The van der Waals surface area contributed by atoms with Gasteiger partial charge in [-0.3, -0.25) is 19.9 Å². The van der Waals surface area contributed by atoms with Gasteiger partial charge >= 0.3 is 0 Å². The molecule has 0 saturated carbocycles. The predicted octanol–water partition coefficient (Wildman–Crippen LogP) is 4.70. The van der Waals surface area contributed by atoms with E-state index in [9.17, 15) is 4.79 Å². The number of carbonyl (C=O) groups is 1. The molecule has 32 heavy (non-hydrogen) atoms. The number of nitrogens with zero attached hydrogens (tertiary/aromatic N) is 4. The summed E-state index contributed by atoms with van der Waals surface area (Å²) < 4.78 is 0. The minimum absolute atomic E-state index is 0.223. The monoisotopic (exact) mass is 427 g/mol. The summed E-state index contributed by atoms with van der Waals surface area (Å²) in [5.41, 5.74) is 5.14. The maximum absolute atomic E-state index is 12.8. The Bertz CT molecular complexity index is 1090. The molecule has 2 heterocycles. The first kappa shape index (κ1) is 21.7. The average Bonchev–Trinajstić information content (AvgIpc) is 3.47. The van der Waals surface area contributed by atoms with E-state index in [1.165, 1.54) is 5.56 Å². The maximum atomic E-state index is 12.8. The van der Waals surface area contributed by atoms with Crippen LogP contribution in [0.5, 0.6) is 0 Å². The lowest BCUT2D eigenvalue weighted by molar-refractivity contribution is -0.131. The fourth-order valence-electron chi connectivity index (χ4n) is 4.26. The van der Waals surface area contributed by atoms with E-state index in [1.807, 2.05) is 53.9 Å². The molecule has 1 aliphatic rings. The molecule has 6 nitrogen and oxygen atoms in total. The number of hydrogen-bond donors (Lipinski definition) is 1. The molecule has 4 rings (SSSR count). The fourth-order valence-corrected chi connectivity index (χ4v) is 4.26. The second kappa shape index (κ2) is 10.2. The topological polar surface area (TPSA) is 73.7 Å². The molecule has 3 aromatic rings. The molecule has 1 fully saturated rings. The third kappa shape index (κ3) is 5.19. The summed E-state index contributed by atoms with van der Waals surface area (Å²) >= 11 is 0. The number of likely N-dealkylation sites (tertiary alicyclic amines) is 1. The lowest BCUT2D eigenvalue weighted by Crippen LogP contribution is -2.34. The zero-order valence-electron chi connectivity index (χ0n) is 18.6. The van der Waals surface area contributed by atoms with Gasteiger partial charge in [0.1, 0.15) is 0 Å². The molecular weight excluding hydrogens is 398 g/mol. The van der Waals surface area contributed by atoms with Crippen LogP contribution in [0.15, 0.2) is 70.9 Å². The van der Waals surface area contributed by atoms with E-state index in [4.69, 9.17) is 4.99 Å². The van der Waals surface area contributed by atoms with Gasteiger partial charge in [0.05, 0.1) is 11.9 Å². The summed E-state index contributed by atoms with van der Waals surface area (Å²) in [5, 5.41) is 6.87. The van der Waals surface area contributed by atoms with Crippen molar-refractivity contribution in [2.24, 2.45) is 15.9 Å². The first-order chi connectivity index (χ1) is 15.6. The second-order valence-corrected chi connectivity index (χ2v) is 8.30. The summed E-state index contributed by atoms with van der Waals surface area (Å²) in [6.45, 7) is 2.85. The Morgan fingerprint density at radius 3 is 2.81 bits per heavy atom. The van der Waals surface area contributed by atoms with Gasteiger partial charge in [-0.2, -0.15) is 5.10 Å². The van der Waals surface area contributed by atoms with Crippen LogP contribution in [0, 0.1) is 5.92 Å². The number of aromatic amines is 1. The summed E-state index contributed by atoms with van der Waals surface area (Å²) in [4.78, 5) is 23.8. The van der Waals surface area contributed by atoms with Crippen LogP contribution in [0.25, 0.3) is 11.1 Å². The van der Waals surface area contributed by atoms with Crippen LogP contribution in [0.2, 0.25) is 0 Å². The molecule has 1 saturated heterocycles. The third-order valence-electron chi connectivity index (χ3n) is 5.95. The SMILES string of the molecule is CN=Cc1cc(-c2cn[nH]c2)ccc1N=C[C@H]1C[C@@H](C)N(C(=O)CCc2ccccc2)C1. The average molecular weight is 428 g/mol. The highest BCUT2D eigenvalue weighted by Crippen LogP contribution is 2.27. The van der Waals surface area contributed by atoms with Crippen LogP contribution >= 0.6 is 0 Å². The molecule has 0 radical (unpaired) electrons. The van der Waals surface area contributed by atoms with Gasteiger partial charge in [0, 0.05) is 61.7 Å². The van der Waals surface area contributed by atoms with Crippen molar-refractivity contribution in [3.63, 3.8) is 0 Å². The lowest BCUT2D eigenvalue weighted by atomic mass is 10.0. The Balaban J connectivity index is 1.41. The molecule has 1 aliphatic heterocycles. The van der Waals surface area contributed by atoms with E-state index in [0.717, 1.165) is 41.8 Å². The maximum Gasteiger partial charge on any atom is 0.223 e. The Morgan fingerprint density at radius 2 is 2.06 bits per heavy atom. The molecule has 6 heteroatoms. The van der Waals surface area contributed by atoms with Gasteiger partial charge in [-0.1, -0.05) is 36.4 Å². The molecule has 0 spiro atoms. The highest BCUT2D eigenvalue weighted by atomic mass is 16.2. The van der Waals surface area contributed by atoms with Gasteiger partial charge in [-0.15, -0.1) is 0 Å². The number of aromatic nitrogens is 2. The number of aryl methyl sites for hydroxylation is 1. The quantitative estimate of drug-likeness (QED) is 0.555. The second-order valence-electron chi connectivity index (χ2n) is 8.30. The minimum atomic E-state index is 0.223. The summed E-state index contributed by atoms with van der Waals surface area (Å²) in [5.74, 6) is 0.478. The van der Waals surface area contributed by atoms with Crippen molar-refractivity contribution in [3.8, 4) is 11.1 Å². The van der Waals surface area contributed by atoms with Crippen molar-refractivity contribution in [1.82, 2.24) is 15.1 Å². The van der Waals surface area contributed by atoms with Gasteiger partial charge in [0.15, 0.2) is 0 Å².